The number of aliphatic hydroxyl groups excluding tert-OH is 1. The molecule has 0 bridgehead atoms. The van der Waals surface area contributed by atoms with Crippen molar-refractivity contribution in [3.8, 4) is 0 Å². The van der Waals surface area contributed by atoms with Crippen molar-refractivity contribution in [2.24, 2.45) is 15.0 Å². The number of aryl methyl sites for hydroxylation is 3. The van der Waals surface area contributed by atoms with Gasteiger partial charge in [-0.25, -0.2) is 0 Å². The molecular formula is C53H71B14N7O. The third-order valence-corrected chi connectivity index (χ3v) is 12.9. The summed E-state index contributed by atoms with van der Waals surface area (Å²) in [6, 6.07) is 35.1. The summed E-state index contributed by atoms with van der Waals surface area (Å²) in [7, 11) is 45.3. The number of amidine groups is 3. The molecule has 0 aromatic heterocycles. The van der Waals surface area contributed by atoms with Crippen LogP contribution in [0.1, 0.15) is 88.8 Å². The van der Waals surface area contributed by atoms with Crippen molar-refractivity contribution < 1.29 is 5.11 Å². The van der Waals surface area contributed by atoms with Crippen LogP contribution in [0.15, 0.2) is 118 Å². The lowest BCUT2D eigenvalue weighted by Crippen LogP contribution is -2.61. The van der Waals surface area contributed by atoms with Gasteiger partial charge in [-0.1, -0.05) is 117 Å². The molecule has 5 aromatic carbocycles. The van der Waals surface area contributed by atoms with Crippen molar-refractivity contribution in [1.29, 1.82) is 0 Å². The van der Waals surface area contributed by atoms with Gasteiger partial charge in [0.05, 0.1) is 39.4 Å². The normalized spacial score (nSPS) is 15.2. The quantitative estimate of drug-likeness (QED) is 0.119. The lowest BCUT2D eigenvalue weighted by molar-refractivity contribution is 0.167. The van der Waals surface area contributed by atoms with Gasteiger partial charge in [-0.05, 0) is 114 Å². The van der Waals surface area contributed by atoms with Crippen LogP contribution in [0.25, 0.3) is 10.8 Å². The minimum absolute atomic E-state index is 0.167. The zero-order valence-electron chi connectivity index (χ0n) is 46.2. The van der Waals surface area contributed by atoms with Crippen LogP contribution >= 0.6 is 0 Å². The Morgan fingerprint density at radius 1 is 0.707 bits per heavy atom. The number of benzene rings is 5. The van der Waals surface area contributed by atoms with Gasteiger partial charge in [-0.15, -0.1) is 13.6 Å². The fraction of sp³-hybridized carbons (Fsp3) is 0.415. The molecule has 4 aliphatic rings. The van der Waals surface area contributed by atoms with Gasteiger partial charge in [0.15, 0.2) is 0 Å². The molecule has 0 amide bonds. The molecule has 0 saturated heterocycles. The van der Waals surface area contributed by atoms with Crippen LogP contribution in [0, 0.1) is 27.7 Å². The van der Waals surface area contributed by atoms with Crippen molar-refractivity contribution >= 4 is 130 Å². The van der Waals surface area contributed by atoms with Crippen LogP contribution in [0.5, 0.6) is 0 Å². The predicted octanol–water partition coefficient (Wildman–Crippen LogP) is 4.47. The molecule has 0 spiro atoms. The molecule has 18 radical (unpaired) electrons. The summed E-state index contributed by atoms with van der Waals surface area (Å²) in [5.74, 6) is 3.45. The fourth-order valence-electron chi connectivity index (χ4n) is 8.95. The van der Waals surface area contributed by atoms with E-state index in [1.807, 2.05) is 32.0 Å². The van der Waals surface area contributed by atoms with E-state index in [2.05, 4.69) is 137 Å². The first-order valence-corrected chi connectivity index (χ1v) is 26.6. The summed E-state index contributed by atoms with van der Waals surface area (Å²) in [6.45, 7) is 20.7. The van der Waals surface area contributed by atoms with E-state index in [-0.39, 0.29) is 6.49 Å². The van der Waals surface area contributed by atoms with Gasteiger partial charge >= 0.3 is 0 Å². The molecule has 366 valence electrons. The Bertz CT molecular complexity index is 2510. The van der Waals surface area contributed by atoms with Gasteiger partial charge in [0, 0.05) is 120 Å². The van der Waals surface area contributed by atoms with Gasteiger partial charge in [-0.3, -0.25) is 15.0 Å². The van der Waals surface area contributed by atoms with Crippen molar-refractivity contribution in [3.63, 3.8) is 0 Å². The molecule has 0 fully saturated rings. The maximum Gasteiger partial charge on any atom is 0.116 e. The third kappa shape index (κ3) is 21.9. The first kappa shape index (κ1) is 64.9. The second-order valence-corrected chi connectivity index (χ2v) is 18.7. The van der Waals surface area contributed by atoms with Gasteiger partial charge in [0.25, 0.3) is 0 Å². The number of nitrogens with zero attached hydrogens (tertiary/aromatic N) is 3. The van der Waals surface area contributed by atoms with Crippen LogP contribution in [0.4, 0.5) is 0 Å². The summed E-state index contributed by atoms with van der Waals surface area (Å²) >= 11 is 0. The van der Waals surface area contributed by atoms with Crippen molar-refractivity contribution in [1.82, 2.24) is 21.2 Å². The molecule has 0 saturated carbocycles. The lowest BCUT2D eigenvalue weighted by atomic mass is 8.90. The van der Waals surface area contributed by atoms with E-state index >= 15 is 0 Å². The van der Waals surface area contributed by atoms with Gasteiger partial charge in [-0.2, -0.15) is 0 Å². The van der Waals surface area contributed by atoms with Crippen molar-refractivity contribution in [2.75, 3.05) is 39.3 Å². The molecule has 9 rings (SSSR count). The second-order valence-electron chi connectivity index (χ2n) is 18.7. The molecule has 3 atom stereocenters. The third-order valence-electron chi connectivity index (χ3n) is 12.9. The molecule has 5 aromatic rings. The number of aliphatic imine (C=N–C) groups is 3. The Balaban J connectivity index is 0.000000250. The topological polar surface area (TPSA) is 105 Å². The Morgan fingerprint density at radius 3 is 1.85 bits per heavy atom. The zero-order chi connectivity index (χ0) is 55.3. The summed E-state index contributed by atoms with van der Waals surface area (Å²) in [4.78, 5) is 13.5. The first-order valence-electron chi connectivity index (χ1n) is 26.6. The first-order chi connectivity index (χ1) is 36.1. The monoisotopic (exact) mass is 976 g/mol. The van der Waals surface area contributed by atoms with Crippen LogP contribution in [0.3, 0.4) is 0 Å². The lowest BCUT2D eigenvalue weighted by Gasteiger charge is -2.32. The number of aliphatic hydroxyl groups is 1. The van der Waals surface area contributed by atoms with E-state index in [1.54, 1.807) is 25.8 Å². The van der Waals surface area contributed by atoms with E-state index in [0.717, 1.165) is 63.8 Å². The summed E-state index contributed by atoms with van der Waals surface area (Å²) in [5.41, 5.74) is 12.1. The minimum atomic E-state index is -0.874. The highest BCUT2D eigenvalue weighted by molar-refractivity contribution is 7.66. The number of fused-ring (bicyclic) bond motifs is 2. The van der Waals surface area contributed by atoms with Crippen LogP contribution in [0.2, 0.25) is 13.6 Å². The highest BCUT2D eigenvalue weighted by Gasteiger charge is 2.29. The maximum atomic E-state index is 10.4. The van der Waals surface area contributed by atoms with E-state index < -0.39 is 31.6 Å². The fourth-order valence-corrected chi connectivity index (χ4v) is 8.95. The van der Waals surface area contributed by atoms with Crippen LogP contribution in [-0.2, 0) is 19.3 Å². The van der Waals surface area contributed by atoms with E-state index in [9.17, 15) is 5.11 Å². The average Bonchev–Trinajstić information content (AvgIpc) is 4.26. The average molecular weight is 974 g/mol. The molecule has 3 unspecified atom stereocenters. The van der Waals surface area contributed by atoms with Crippen molar-refractivity contribution in [2.45, 2.75) is 105 Å². The van der Waals surface area contributed by atoms with E-state index in [4.69, 9.17) is 61.9 Å². The van der Waals surface area contributed by atoms with Gasteiger partial charge in [0.1, 0.15) is 24.1 Å². The highest BCUT2D eigenvalue weighted by atomic mass is 16.3. The number of hydrogen-bond acceptors (Lipinski definition) is 8. The van der Waals surface area contributed by atoms with E-state index in [1.165, 1.54) is 94.6 Å². The smallest absolute Gasteiger partial charge is 0.116 e. The van der Waals surface area contributed by atoms with Gasteiger partial charge < -0.3 is 26.3 Å². The number of nitrogens with one attached hydrogen (secondary N) is 4. The molecule has 8 nitrogen and oxygen atoms in total. The van der Waals surface area contributed by atoms with Crippen molar-refractivity contribution in [3.05, 3.63) is 153 Å². The Morgan fingerprint density at radius 2 is 1.27 bits per heavy atom. The molecular weight excluding hydrogens is 902 g/mol. The van der Waals surface area contributed by atoms with Crippen LogP contribution in [-0.4, -0.2) is 170 Å². The second kappa shape index (κ2) is 35.8. The molecule has 22 heteroatoms. The molecule has 75 heavy (non-hydrogen) atoms. The summed E-state index contributed by atoms with van der Waals surface area (Å²) in [5, 5.41) is 26.0. The molecule has 3 aliphatic heterocycles. The standard InChI is InChI=1S/C14H14N2.C14H20N2.C13H16N2.C8H9B9NO.C2H6.CH3B3.CH3B2/c1-2-7-13-11(4-1)5-3-6-12(13)10-14-15-8-9-16-14;1-9-7-10(2)13(12(4)11(9)3)8-14-15-5-6-16-14;1-2-6-11-10(4-1)5-3-7-12(11)13-14-8-9-15-13;9-14-15(10)8(18-17(13)16(11)12)7(19)6-4-2-1-3-5-6;1-2;1-4(2)3;1-3-2/h1-7H,8-10H2,(H,15,16);7H,5-6,8H2,1-4H3,(H,15,16);1-2,4,6,12H,3,5,7-9H2,(H,14,15);1-5,7-8,18-19H;1-2H3;1H3;1H3. The Kier molecular flexibility index (Phi) is 31.0. The molecule has 5 N–H and O–H groups in total. The number of rotatable bonds is 12. The van der Waals surface area contributed by atoms with E-state index in [0.29, 0.717) is 11.5 Å². The van der Waals surface area contributed by atoms with Gasteiger partial charge in [0.2, 0.25) is 0 Å². The predicted molar refractivity (Wildman–Crippen MR) is 342 cm³/mol. The largest absolute Gasteiger partial charge is 0.388 e. The maximum absolute atomic E-state index is 10.4. The Hall–Kier alpha value is -4.40. The SMILES string of the molecule is CC.Cc1cc(C)c(CC2=NCCN2)c(C)c1C.[B]B([B])C.[B][B]B([B])C(NB([B])B([B])[B])C(O)c1ccccc1.[B][B]C.c1ccc2c(CC3=NCCN3)cccc2c1.c1ccc2c(c1)CCCC2C1=NCCN1. The highest BCUT2D eigenvalue weighted by Crippen LogP contribution is 2.32. The molecule has 1 aliphatic carbocycles. The summed E-state index contributed by atoms with van der Waals surface area (Å²) in [6.07, 6.45) is 4.02. The minimum Gasteiger partial charge on any atom is -0.388 e. The molecule has 3 heterocycles. The summed E-state index contributed by atoms with van der Waals surface area (Å²) < 4.78 is 0. The number of hydrogen-bond donors (Lipinski definition) is 5. The Labute approximate surface area is 466 Å². The zero-order valence-corrected chi connectivity index (χ0v) is 46.2. The van der Waals surface area contributed by atoms with Crippen LogP contribution < -0.4 is 21.2 Å².